The molecule has 0 radical (unpaired) electrons. The van der Waals surface area contributed by atoms with Gasteiger partial charge >= 0.3 is 0 Å². The zero-order valence-corrected chi connectivity index (χ0v) is 11.1. The predicted octanol–water partition coefficient (Wildman–Crippen LogP) is 1.01. The molecule has 3 heteroatoms. The van der Waals surface area contributed by atoms with Crippen molar-refractivity contribution in [3.8, 4) is 0 Å². The van der Waals surface area contributed by atoms with Crippen molar-refractivity contribution in [3.63, 3.8) is 0 Å². The topological polar surface area (TPSA) is 18.5 Å². The van der Waals surface area contributed by atoms with Crippen LogP contribution in [0.2, 0.25) is 0 Å². The average Bonchev–Trinajstić information content (AvgIpc) is 3.02. The second kappa shape index (κ2) is 5.48. The van der Waals surface area contributed by atoms with E-state index in [0.717, 1.165) is 18.0 Å². The summed E-state index contributed by atoms with van der Waals surface area (Å²) in [6.45, 7) is 3.74. The average molecular weight is 225 g/mol. The summed E-state index contributed by atoms with van der Waals surface area (Å²) >= 11 is 0. The lowest BCUT2D eigenvalue weighted by atomic mass is 10.1. The van der Waals surface area contributed by atoms with Crippen LogP contribution in [-0.2, 0) is 0 Å². The third-order valence-corrected chi connectivity index (χ3v) is 4.26. The van der Waals surface area contributed by atoms with E-state index in [1.54, 1.807) is 0 Å². The molecule has 1 saturated carbocycles. The Morgan fingerprint density at radius 3 is 2.62 bits per heavy atom. The fourth-order valence-corrected chi connectivity index (χ4v) is 2.95. The molecule has 2 fully saturated rings. The Kier molecular flexibility index (Phi) is 4.22. The van der Waals surface area contributed by atoms with Crippen molar-refractivity contribution in [1.29, 1.82) is 0 Å². The summed E-state index contributed by atoms with van der Waals surface area (Å²) < 4.78 is 0. The number of hydrogen-bond donors (Lipinski definition) is 1. The summed E-state index contributed by atoms with van der Waals surface area (Å²) in [5.41, 5.74) is 0. The third kappa shape index (κ3) is 3.19. The zero-order chi connectivity index (χ0) is 11.5. The molecule has 2 aliphatic rings. The van der Waals surface area contributed by atoms with Crippen molar-refractivity contribution in [2.75, 3.05) is 40.8 Å². The molecule has 1 aliphatic carbocycles. The molecule has 0 aromatic carbocycles. The van der Waals surface area contributed by atoms with Crippen LogP contribution >= 0.6 is 0 Å². The van der Waals surface area contributed by atoms with Crippen molar-refractivity contribution >= 4 is 0 Å². The van der Waals surface area contributed by atoms with Crippen molar-refractivity contribution in [2.45, 2.75) is 37.8 Å². The van der Waals surface area contributed by atoms with Gasteiger partial charge in [0.15, 0.2) is 0 Å². The maximum Gasteiger partial charge on any atom is 0.0220 e. The molecule has 2 atom stereocenters. The normalized spacial score (nSPS) is 28.9. The minimum Gasteiger partial charge on any atom is -0.315 e. The lowest BCUT2D eigenvalue weighted by molar-refractivity contribution is 0.203. The first-order chi connectivity index (χ1) is 7.70. The van der Waals surface area contributed by atoms with E-state index in [2.05, 4.69) is 36.3 Å². The Hall–Kier alpha value is -0.120. The molecular weight excluding hydrogens is 198 g/mol. The fraction of sp³-hybridized carbons (Fsp3) is 1.00. The van der Waals surface area contributed by atoms with Gasteiger partial charge in [-0.15, -0.1) is 0 Å². The summed E-state index contributed by atoms with van der Waals surface area (Å²) in [5, 5.41) is 3.48. The first-order valence-electron chi connectivity index (χ1n) is 6.76. The van der Waals surface area contributed by atoms with Gasteiger partial charge in [0.25, 0.3) is 0 Å². The quantitative estimate of drug-likeness (QED) is 0.728. The molecule has 0 bridgehead atoms. The van der Waals surface area contributed by atoms with Crippen molar-refractivity contribution < 1.29 is 0 Å². The summed E-state index contributed by atoms with van der Waals surface area (Å²) in [7, 11) is 6.65. The zero-order valence-electron chi connectivity index (χ0n) is 11.1. The number of nitrogens with one attached hydrogen (secondary N) is 1. The summed E-state index contributed by atoms with van der Waals surface area (Å²) in [6.07, 6.45) is 5.63. The van der Waals surface area contributed by atoms with Gasteiger partial charge in [-0.25, -0.2) is 0 Å². The van der Waals surface area contributed by atoms with E-state index in [4.69, 9.17) is 0 Å². The van der Waals surface area contributed by atoms with E-state index in [9.17, 15) is 0 Å². The molecule has 1 saturated heterocycles. The van der Waals surface area contributed by atoms with E-state index < -0.39 is 0 Å². The van der Waals surface area contributed by atoms with Gasteiger partial charge in [-0.2, -0.15) is 0 Å². The highest BCUT2D eigenvalue weighted by atomic mass is 15.2. The van der Waals surface area contributed by atoms with Crippen LogP contribution in [0.5, 0.6) is 0 Å². The summed E-state index contributed by atoms with van der Waals surface area (Å²) in [6, 6.07) is 1.51. The van der Waals surface area contributed by atoms with Crippen LogP contribution in [0.4, 0.5) is 0 Å². The number of rotatable bonds is 6. The second-order valence-corrected chi connectivity index (χ2v) is 5.73. The lowest BCUT2D eigenvalue weighted by Crippen LogP contribution is -2.44. The van der Waals surface area contributed by atoms with Gasteiger partial charge in [0.2, 0.25) is 0 Å². The number of hydrogen-bond acceptors (Lipinski definition) is 3. The van der Waals surface area contributed by atoms with Crippen LogP contribution in [0.25, 0.3) is 0 Å². The SMILES string of the molecule is CNC(CN(C)CC1CCCN1C)C1CC1. The first kappa shape index (κ1) is 12.3. The highest BCUT2D eigenvalue weighted by Crippen LogP contribution is 2.32. The highest BCUT2D eigenvalue weighted by Gasteiger charge is 2.31. The third-order valence-electron chi connectivity index (χ3n) is 4.26. The molecule has 0 aromatic heterocycles. The van der Waals surface area contributed by atoms with E-state index in [0.29, 0.717) is 0 Å². The summed E-state index contributed by atoms with van der Waals surface area (Å²) in [4.78, 5) is 5.04. The van der Waals surface area contributed by atoms with E-state index in [1.165, 1.54) is 45.3 Å². The molecule has 2 unspecified atom stereocenters. The van der Waals surface area contributed by atoms with Gasteiger partial charge in [-0.05, 0) is 59.3 Å². The summed E-state index contributed by atoms with van der Waals surface area (Å²) in [5.74, 6) is 0.953. The van der Waals surface area contributed by atoms with Gasteiger partial charge in [-0.1, -0.05) is 0 Å². The molecule has 0 aromatic rings. The van der Waals surface area contributed by atoms with E-state index >= 15 is 0 Å². The molecule has 2 rings (SSSR count). The fourth-order valence-electron chi connectivity index (χ4n) is 2.95. The largest absolute Gasteiger partial charge is 0.315 e. The van der Waals surface area contributed by atoms with Crippen molar-refractivity contribution in [1.82, 2.24) is 15.1 Å². The van der Waals surface area contributed by atoms with Gasteiger partial charge in [0.1, 0.15) is 0 Å². The molecule has 0 amide bonds. The molecular formula is C13H27N3. The van der Waals surface area contributed by atoms with Crippen LogP contribution in [-0.4, -0.2) is 62.7 Å². The van der Waals surface area contributed by atoms with Crippen LogP contribution < -0.4 is 5.32 Å². The van der Waals surface area contributed by atoms with Crippen LogP contribution in [0.1, 0.15) is 25.7 Å². The van der Waals surface area contributed by atoms with Gasteiger partial charge < -0.3 is 15.1 Å². The standard InChI is InChI=1S/C13H27N3/c1-14-13(11-6-7-11)10-15(2)9-12-5-4-8-16(12)3/h11-14H,4-10H2,1-3H3. The molecule has 1 heterocycles. The van der Waals surface area contributed by atoms with Crippen LogP contribution in [0, 0.1) is 5.92 Å². The Bertz CT molecular complexity index is 211. The minimum atomic E-state index is 0.719. The van der Waals surface area contributed by atoms with Gasteiger partial charge in [0.05, 0.1) is 0 Å². The molecule has 16 heavy (non-hydrogen) atoms. The minimum absolute atomic E-state index is 0.719. The van der Waals surface area contributed by atoms with E-state index in [-0.39, 0.29) is 0 Å². The van der Waals surface area contributed by atoms with Crippen molar-refractivity contribution in [3.05, 3.63) is 0 Å². The maximum atomic E-state index is 3.48. The lowest BCUT2D eigenvalue weighted by Gasteiger charge is -2.28. The molecule has 1 aliphatic heterocycles. The van der Waals surface area contributed by atoms with Crippen LogP contribution in [0.3, 0.4) is 0 Å². The Balaban J connectivity index is 1.72. The first-order valence-corrected chi connectivity index (χ1v) is 6.76. The molecule has 0 spiro atoms. The maximum absolute atomic E-state index is 3.48. The molecule has 3 nitrogen and oxygen atoms in total. The monoisotopic (exact) mass is 225 g/mol. The smallest absolute Gasteiger partial charge is 0.0220 e. The van der Waals surface area contributed by atoms with Gasteiger partial charge in [-0.3, -0.25) is 0 Å². The number of nitrogens with zero attached hydrogens (tertiary/aromatic N) is 2. The predicted molar refractivity (Wildman–Crippen MR) is 68.7 cm³/mol. The second-order valence-electron chi connectivity index (χ2n) is 5.73. The Labute approximate surface area is 100 Å². The van der Waals surface area contributed by atoms with E-state index in [1.807, 2.05) is 0 Å². The van der Waals surface area contributed by atoms with Gasteiger partial charge in [0, 0.05) is 25.2 Å². The molecule has 1 N–H and O–H groups in total. The number of likely N-dealkylation sites (tertiary alicyclic amines) is 1. The van der Waals surface area contributed by atoms with Crippen LogP contribution in [0.15, 0.2) is 0 Å². The Morgan fingerprint density at radius 1 is 1.38 bits per heavy atom. The molecule has 94 valence electrons. The number of likely N-dealkylation sites (N-methyl/N-ethyl adjacent to an activating group) is 3. The van der Waals surface area contributed by atoms with Crippen molar-refractivity contribution in [2.24, 2.45) is 5.92 Å². The highest BCUT2D eigenvalue weighted by molar-refractivity contribution is 4.88. The Morgan fingerprint density at radius 2 is 2.12 bits per heavy atom.